The van der Waals surface area contributed by atoms with Gasteiger partial charge in [0.05, 0.1) is 6.07 Å². The number of benzene rings is 3. The third-order valence-corrected chi connectivity index (χ3v) is 4.22. The van der Waals surface area contributed by atoms with E-state index in [4.69, 9.17) is 5.26 Å². The van der Waals surface area contributed by atoms with Gasteiger partial charge in [-0.05, 0) is 34.9 Å². The zero-order chi connectivity index (χ0) is 19.8. The molecule has 0 saturated heterocycles. The second-order valence-electron chi connectivity index (χ2n) is 6.17. The first kappa shape index (κ1) is 18.9. The molecule has 0 aliphatic rings. The number of rotatable bonds is 6. The van der Waals surface area contributed by atoms with Crippen LogP contribution in [-0.4, -0.2) is 11.8 Å². The average Bonchev–Trinajstić information content (AvgIpc) is 2.74. The van der Waals surface area contributed by atoms with Gasteiger partial charge in [0.1, 0.15) is 6.42 Å². The van der Waals surface area contributed by atoms with E-state index >= 15 is 0 Å². The molecule has 28 heavy (non-hydrogen) atoms. The van der Waals surface area contributed by atoms with Gasteiger partial charge < -0.3 is 10.6 Å². The molecule has 0 radical (unpaired) electrons. The van der Waals surface area contributed by atoms with E-state index < -0.39 is 0 Å². The van der Waals surface area contributed by atoms with Gasteiger partial charge in [-0.15, -0.1) is 0 Å². The average molecular weight is 369 g/mol. The lowest BCUT2D eigenvalue weighted by Gasteiger charge is -2.11. The van der Waals surface area contributed by atoms with Crippen LogP contribution in [0.4, 0.5) is 5.69 Å². The zero-order valence-electron chi connectivity index (χ0n) is 15.2. The van der Waals surface area contributed by atoms with Gasteiger partial charge in [0, 0.05) is 17.8 Å². The number of amides is 2. The van der Waals surface area contributed by atoms with Gasteiger partial charge in [0.15, 0.2) is 0 Å². The number of hydrogen-bond donors (Lipinski definition) is 2. The fourth-order valence-electron chi connectivity index (χ4n) is 2.78. The first-order valence-electron chi connectivity index (χ1n) is 8.86. The number of carbonyl (C=O) groups excluding carboxylic acids is 2. The number of nitriles is 1. The molecule has 0 saturated carbocycles. The van der Waals surface area contributed by atoms with E-state index in [9.17, 15) is 9.59 Å². The van der Waals surface area contributed by atoms with Gasteiger partial charge >= 0.3 is 0 Å². The summed E-state index contributed by atoms with van der Waals surface area (Å²) in [7, 11) is 0. The van der Waals surface area contributed by atoms with Crippen LogP contribution in [0.15, 0.2) is 78.9 Å². The van der Waals surface area contributed by atoms with E-state index in [1.165, 1.54) is 0 Å². The predicted octanol–water partition coefficient (Wildman–Crippen LogP) is 4.14. The molecule has 0 atom stereocenters. The maximum absolute atomic E-state index is 12.5. The number of nitrogens with one attached hydrogen (secondary N) is 2. The van der Waals surface area contributed by atoms with Crippen molar-refractivity contribution in [2.24, 2.45) is 0 Å². The Morgan fingerprint density at radius 2 is 1.46 bits per heavy atom. The minimum Gasteiger partial charge on any atom is -0.348 e. The van der Waals surface area contributed by atoms with Gasteiger partial charge in [-0.2, -0.15) is 5.26 Å². The Balaban J connectivity index is 1.65. The summed E-state index contributed by atoms with van der Waals surface area (Å²) in [6, 6.07) is 26.4. The van der Waals surface area contributed by atoms with Crippen LogP contribution in [-0.2, 0) is 11.3 Å². The molecule has 0 spiro atoms. The third-order valence-electron chi connectivity index (χ3n) is 4.22. The normalized spacial score (nSPS) is 9.96. The summed E-state index contributed by atoms with van der Waals surface area (Å²) in [6.45, 7) is 0.266. The molecule has 2 amide bonds. The first-order chi connectivity index (χ1) is 13.7. The second kappa shape index (κ2) is 9.15. The van der Waals surface area contributed by atoms with E-state index in [2.05, 4.69) is 10.6 Å². The lowest BCUT2D eigenvalue weighted by atomic mass is 10.0. The number of carbonyl (C=O) groups is 2. The van der Waals surface area contributed by atoms with Crippen molar-refractivity contribution >= 4 is 17.5 Å². The molecule has 0 bridgehead atoms. The molecule has 2 N–H and O–H groups in total. The molecule has 3 aromatic carbocycles. The van der Waals surface area contributed by atoms with Crippen molar-refractivity contribution in [3.05, 3.63) is 90.0 Å². The molecule has 0 aromatic heterocycles. The number of para-hydroxylation sites is 1. The highest BCUT2D eigenvalue weighted by Gasteiger charge is 2.09. The fourth-order valence-corrected chi connectivity index (χ4v) is 2.78. The van der Waals surface area contributed by atoms with Gasteiger partial charge in [0.2, 0.25) is 5.91 Å². The Kier molecular flexibility index (Phi) is 6.17. The van der Waals surface area contributed by atoms with Crippen LogP contribution >= 0.6 is 0 Å². The molecule has 0 unspecified atom stereocenters. The van der Waals surface area contributed by atoms with Crippen LogP contribution in [0.2, 0.25) is 0 Å². The van der Waals surface area contributed by atoms with Crippen molar-refractivity contribution in [1.82, 2.24) is 5.32 Å². The van der Waals surface area contributed by atoms with Crippen LogP contribution in [0, 0.1) is 11.3 Å². The van der Waals surface area contributed by atoms with E-state index in [0.29, 0.717) is 11.3 Å². The van der Waals surface area contributed by atoms with Gasteiger partial charge in [0.25, 0.3) is 5.91 Å². The Morgan fingerprint density at radius 3 is 2.18 bits per heavy atom. The molecular formula is C23H19N3O2. The summed E-state index contributed by atoms with van der Waals surface area (Å²) in [4.78, 5) is 24.1. The number of hydrogen-bond acceptors (Lipinski definition) is 3. The monoisotopic (exact) mass is 369 g/mol. The lowest BCUT2D eigenvalue weighted by Crippen LogP contribution is -2.23. The summed E-state index contributed by atoms with van der Waals surface area (Å²) >= 11 is 0. The largest absolute Gasteiger partial charge is 0.348 e. The predicted molar refractivity (Wildman–Crippen MR) is 108 cm³/mol. The Morgan fingerprint density at radius 1 is 0.821 bits per heavy atom. The maximum atomic E-state index is 12.5. The van der Waals surface area contributed by atoms with Crippen molar-refractivity contribution in [3.8, 4) is 17.2 Å². The van der Waals surface area contributed by atoms with Crippen molar-refractivity contribution < 1.29 is 9.59 Å². The van der Waals surface area contributed by atoms with Crippen LogP contribution < -0.4 is 10.6 Å². The second-order valence-corrected chi connectivity index (χ2v) is 6.17. The van der Waals surface area contributed by atoms with Gasteiger partial charge in [-0.1, -0.05) is 60.7 Å². The SMILES string of the molecule is N#CCC(=O)Nc1ccccc1CNC(=O)c1ccc(-c2ccccc2)cc1. The first-order valence-corrected chi connectivity index (χ1v) is 8.86. The molecule has 3 rings (SSSR count). The zero-order valence-corrected chi connectivity index (χ0v) is 15.2. The van der Waals surface area contributed by atoms with Crippen molar-refractivity contribution in [1.29, 1.82) is 5.26 Å². The molecule has 0 heterocycles. The van der Waals surface area contributed by atoms with Crippen molar-refractivity contribution in [3.63, 3.8) is 0 Å². The Bertz CT molecular complexity index is 1010. The standard InChI is InChI=1S/C23H19N3O2/c24-15-14-22(27)26-21-9-5-4-8-20(21)16-25-23(28)19-12-10-18(11-13-19)17-6-2-1-3-7-17/h1-13H,14,16H2,(H,25,28)(H,26,27). The molecule has 5 heteroatoms. The van der Waals surface area contributed by atoms with E-state index in [0.717, 1.165) is 16.7 Å². The number of nitrogens with zero attached hydrogens (tertiary/aromatic N) is 1. The summed E-state index contributed by atoms with van der Waals surface area (Å²) in [5.41, 5.74) is 4.05. The van der Waals surface area contributed by atoms with Crippen LogP contribution in [0.5, 0.6) is 0 Å². The third kappa shape index (κ3) is 4.83. The Labute approximate surface area is 163 Å². The molecule has 3 aromatic rings. The van der Waals surface area contributed by atoms with Gasteiger partial charge in [-0.3, -0.25) is 9.59 Å². The molecule has 138 valence electrons. The maximum Gasteiger partial charge on any atom is 0.251 e. The van der Waals surface area contributed by atoms with Crippen LogP contribution in [0.3, 0.4) is 0 Å². The minimum atomic E-state index is -0.377. The lowest BCUT2D eigenvalue weighted by molar-refractivity contribution is -0.115. The van der Waals surface area contributed by atoms with E-state index in [1.807, 2.05) is 60.7 Å². The summed E-state index contributed by atoms with van der Waals surface area (Å²) in [5, 5.41) is 14.2. The molecule has 0 aliphatic heterocycles. The summed E-state index contributed by atoms with van der Waals surface area (Å²) < 4.78 is 0. The fraction of sp³-hybridized carbons (Fsp3) is 0.0870. The van der Waals surface area contributed by atoms with Crippen LogP contribution in [0.25, 0.3) is 11.1 Å². The quantitative estimate of drug-likeness (QED) is 0.685. The van der Waals surface area contributed by atoms with Crippen molar-refractivity contribution in [2.45, 2.75) is 13.0 Å². The topological polar surface area (TPSA) is 82.0 Å². The molecule has 5 nitrogen and oxygen atoms in total. The molecule has 0 fully saturated rings. The highest BCUT2D eigenvalue weighted by molar-refractivity contribution is 5.95. The van der Waals surface area contributed by atoms with Crippen LogP contribution in [0.1, 0.15) is 22.3 Å². The summed E-state index contributed by atoms with van der Waals surface area (Å²) in [5.74, 6) is -0.574. The summed E-state index contributed by atoms with van der Waals surface area (Å²) in [6.07, 6.45) is -0.214. The highest BCUT2D eigenvalue weighted by atomic mass is 16.2. The molecular weight excluding hydrogens is 350 g/mol. The van der Waals surface area contributed by atoms with Gasteiger partial charge in [-0.25, -0.2) is 0 Å². The smallest absolute Gasteiger partial charge is 0.251 e. The van der Waals surface area contributed by atoms with E-state index in [-0.39, 0.29) is 24.8 Å². The minimum absolute atomic E-state index is 0.197. The molecule has 0 aliphatic carbocycles. The number of anilines is 1. The highest BCUT2D eigenvalue weighted by Crippen LogP contribution is 2.19. The Hall–Kier alpha value is -3.91. The van der Waals surface area contributed by atoms with E-state index in [1.54, 1.807) is 24.3 Å². The van der Waals surface area contributed by atoms with Crippen molar-refractivity contribution in [2.75, 3.05) is 5.32 Å².